The van der Waals surface area contributed by atoms with E-state index in [-0.39, 0.29) is 12.4 Å². The van der Waals surface area contributed by atoms with Crippen LogP contribution in [-0.4, -0.2) is 24.5 Å². The minimum Gasteiger partial charge on any atom is -0.303 e. The lowest BCUT2D eigenvalue weighted by Crippen LogP contribution is -2.32. The summed E-state index contributed by atoms with van der Waals surface area (Å²) in [5, 5.41) is 0. The first-order chi connectivity index (χ1) is 9.25. The van der Waals surface area contributed by atoms with Crippen molar-refractivity contribution in [3.8, 4) is 0 Å². The molecule has 0 bridgehead atoms. The van der Waals surface area contributed by atoms with Crippen LogP contribution >= 0.6 is 12.4 Å². The van der Waals surface area contributed by atoms with Crippen LogP contribution in [0.4, 0.5) is 0 Å². The molecule has 108 valence electrons. The van der Waals surface area contributed by atoms with Gasteiger partial charge in [0.2, 0.25) is 0 Å². The van der Waals surface area contributed by atoms with Gasteiger partial charge in [0.25, 0.3) is 0 Å². The molecule has 1 unspecified atom stereocenters. The molecule has 0 saturated heterocycles. The summed E-state index contributed by atoms with van der Waals surface area (Å²) >= 11 is 0. The van der Waals surface area contributed by atoms with Crippen molar-refractivity contribution in [1.29, 1.82) is 0 Å². The van der Waals surface area contributed by atoms with Crippen LogP contribution in [0.1, 0.15) is 18.1 Å². The van der Waals surface area contributed by atoms with E-state index in [1.807, 2.05) is 0 Å². The summed E-state index contributed by atoms with van der Waals surface area (Å²) < 4.78 is 0. The smallest absolute Gasteiger partial charge is 0.0104 e. The van der Waals surface area contributed by atoms with Crippen LogP contribution in [0.2, 0.25) is 0 Å². The number of likely N-dealkylation sites (N-methyl/N-ethyl adjacent to an activating group) is 1. The highest BCUT2D eigenvalue weighted by molar-refractivity contribution is 5.85. The number of halogens is 1. The number of rotatable bonds is 6. The van der Waals surface area contributed by atoms with E-state index in [2.05, 4.69) is 79.5 Å². The molecule has 20 heavy (non-hydrogen) atoms. The number of hydrogen-bond acceptors (Lipinski definition) is 1. The number of hydrogen-bond donors (Lipinski definition) is 0. The molecule has 0 aliphatic heterocycles. The van der Waals surface area contributed by atoms with Gasteiger partial charge in [-0.2, -0.15) is 0 Å². The molecule has 0 spiro atoms. The van der Waals surface area contributed by atoms with E-state index in [0.29, 0.717) is 6.04 Å². The molecule has 0 amide bonds. The quantitative estimate of drug-likeness (QED) is 0.770. The molecular weight excluding hydrogens is 266 g/mol. The summed E-state index contributed by atoms with van der Waals surface area (Å²) in [5.41, 5.74) is 2.84. The zero-order valence-electron chi connectivity index (χ0n) is 12.3. The Kier molecular flexibility index (Phi) is 7.35. The average molecular weight is 290 g/mol. The maximum absolute atomic E-state index is 2.44. The fourth-order valence-corrected chi connectivity index (χ4v) is 2.28. The van der Waals surface area contributed by atoms with Crippen molar-refractivity contribution in [3.05, 3.63) is 71.8 Å². The van der Waals surface area contributed by atoms with Gasteiger partial charge in [-0.15, -0.1) is 12.4 Å². The standard InChI is InChI=1S/C18H23N.ClH/c1-16(15-18-11-7-4-8-12-18)19(2)14-13-17-9-5-3-6-10-17;/h3-12,16H,13-15H2,1-2H3;1H. The summed E-state index contributed by atoms with van der Waals surface area (Å²) in [5.74, 6) is 0. The predicted molar refractivity (Wildman–Crippen MR) is 89.6 cm³/mol. The SMILES string of the molecule is CC(Cc1ccccc1)N(C)CCc1ccccc1.Cl. The van der Waals surface area contributed by atoms with Crippen LogP contribution in [0.25, 0.3) is 0 Å². The summed E-state index contributed by atoms with van der Waals surface area (Å²) in [6.07, 6.45) is 2.24. The maximum Gasteiger partial charge on any atom is 0.0104 e. The molecule has 2 heteroatoms. The van der Waals surface area contributed by atoms with E-state index >= 15 is 0 Å². The molecule has 0 aliphatic carbocycles. The molecule has 0 N–H and O–H groups in total. The third kappa shape index (κ3) is 5.36. The highest BCUT2D eigenvalue weighted by Crippen LogP contribution is 2.08. The van der Waals surface area contributed by atoms with Crippen LogP contribution in [-0.2, 0) is 12.8 Å². The second-order valence-electron chi connectivity index (χ2n) is 5.25. The average Bonchev–Trinajstić information content (AvgIpc) is 2.47. The fraction of sp³-hybridized carbons (Fsp3) is 0.333. The molecular formula is C18H24ClN. The summed E-state index contributed by atoms with van der Waals surface area (Å²) in [6, 6.07) is 22.0. The first-order valence-electron chi connectivity index (χ1n) is 7.04. The zero-order valence-corrected chi connectivity index (χ0v) is 13.1. The zero-order chi connectivity index (χ0) is 13.5. The summed E-state index contributed by atoms with van der Waals surface area (Å²) in [4.78, 5) is 2.44. The Bertz CT molecular complexity index is 469. The van der Waals surface area contributed by atoms with Crippen LogP contribution < -0.4 is 0 Å². The van der Waals surface area contributed by atoms with Gasteiger partial charge in [0.1, 0.15) is 0 Å². The Balaban J connectivity index is 0.00000200. The Morgan fingerprint density at radius 2 is 1.35 bits per heavy atom. The first-order valence-corrected chi connectivity index (χ1v) is 7.04. The Morgan fingerprint density at radius 3 is 1.90 bits per heavy atom. The minimum absolute atomic E-state index is 0. The molecule has 0 saturated carbocycles. The maximum atomic E-state index is 2.44. The van der Waals surface area contributed by atoms with Gasteiger partial charge in [-0.1, -0.05) is 60.7 Å². The lowest BCUT2D eigenvalue weighted by molar-refractivity contribution is 0.259. The van der Waals surface area contributed by atoms with Crippen LogP contribution in [0.3, 0.4) is 0 Å². The second kappa shape index (κ2) is 8.78. The fourth-order valence-electron chi connectivity index (χ4n) is 2.28. The molecule has 0 aliphatic rings. The lowest BCUT2D eigenvalue weighted by Gasteiger charge is -2.24. The molecule has 0 radical (unpaired) electrons. The van der Waals surface area contributed by atoms with Gasteiger partial charge < -0.3 is 4.90 Å². The van der Waals surface area contributed by atoms with Crippen molar-refractivity contribution in [2.45, 2.75) is 25.8 Å². The Morgan fingerprint density at radius 1 is 0.850 bits per heavy atom. The van der Waals surface area contributed by atoms with Gasteiger partial charge in [-0.05, 0) is 37.9 Å². The van der Waals surface area contributed by atoms with Crippen molar-refractivity contribution in [1.82, 2.24) is 4.90 Å². The van der Waals surface area contributed by atoms with E-state index in [1.165, 1.54) is 11.1 Å². The first kappa shape index (κ1) is 16.7. The van der Waals surface area contributed by atoms with E-state index in [4.69, 9.17) is 0 Å². The molecule has 0 fully saturated rings. The predicted octanol–water partition coefficient (Wildman–Crippen LogP) is 4.21. The van der Waals surface area contributed by atoms with Gasteiger partial charge in [-0.25, -0.2) is 0 Å². The summed E-state index contributed by atoms with van der Waals surface area (Å²) in [7, 11) is 2.22. The van der Waals surface area contributed by atoms with Crippen molar-refractivity contribution in [2.75, 3.05) is 13.6 Å². The lowest BCUT2D eigenvalue weighted by atomic mass is 10.1. The third-order valence-corrected chi connectivity index (χ3v) is 3.72. The van der Waals surface area contributed by atoms with Gasteiger partial charge in [-0.3, -0.25) is 0 Å². The van der Waals surface area contributed by atoms with Crippen LogP contribution in [0.15, 0.2) is 60.7 Å². The Hall–Kier alpha value is -1.31. The topological polar surface area (TPSA) is 3.24 Å². The summed E-state index contributed by atoms with van der Waals surface area (Å²) in [6.45, 7) is 3.41. The third-order valence-electron chi connectivity index (χ3n) is 3.72. The van der Waals surface area contributed by atoms with E-state index in [1.54, 1.807) is 0 Å². The molecule has 2 aromatic rings. The highest BCUT2D eigenvalue weighted by atomic mass is 35.5. The van der Waals surface area contributed by atoms with Crippen molar-refractivity contribution in [3.63, 3.8) is 0 Å². The van der Waals surface area contributed by atoms with Crippen molar-refractivity contribution >= 4 is 12.4 Å². The van der Waals surface area contributed by atoms with E-state index < -0.39 is 0 Å². The molecule has 0 heterocycles. The van der Waals surface area contributed by atoms with Gasteiger partial charge in [0.05, 0.1) is 0 Å². The monoisotopic (exact) mass is 289 g/mol. The molecule has 2 rings (SSSR count). The normalized spacial score (nSPS) is 11.9. The molecule has 1 atom stereocenters. The number of benzene rings is 2. The van der Waals surface area contributed by atoms with Gasteiger partial charge in [0, 0.05) is 12.6 Å². The molecule has 1 nitrogen and oxygen atoms in total. The van der Waals surface area contributed by atoms with Crippen molar-refractivity contribution < 1.29 is 0 Å². The van der Waals surface area contributed by atoms with Gasteiger partial charge in [0.15, 0.2) is 0 Å². The second-order valence-corrected chi connectivity index (χ2v) is 5.25. The highest BCUT2D eigenvalue weighted by Gasteiger charge is 2.09. The number of nitrogens with zero attached hydrogens (tertiary/aromatic N) is 1. The van der Waals surface area contributed by atoms with Crippen molar-refractivity contribution in [2.24, 2.45) is 0 Å². The van der Waals surface area contributed by atoms with E-state index in [9.17, 15) is 0 Å². The molecule has 2 aromatic carbocycles. The minimum atomic E-state index is 0. The van der Waals surface area contributed by atoms with E-state index in [0.717, 1.165) is 19.4 Å². The molecule has 0 aromatic heterocycles. The Labute approximate surface area is 129 Å². The largest absolute Gasteiger partial charge is 0.303 e. The van der Waals surface area contributed by atoms with Gasteiger partial charge >= 0.3 is 0 Å². The van der Waals surface area contributed by atoms with Crippen LogP contribution in [0, 0.1) is 0 Å². The van der Waals surface area contributed by atoms with Crippen LogP contribution in [0.5, 0.6) is 0 Å².